The van der Waals surface area contributed by atoms with Crippen LogP contribution >= 0.6 is 11.6 Å². The maximum absolute atomic E-state index is 13.5. The molecule has 5 rings (SSSR count). The number of aryl methyl sites for hydroxylation is 1. The Balaban J connectivity index is 1.48. The Morgan fingerprint density at radius 3 is 2.52 bits per heavy atom. The molecular formula is C28H28ClFN2O. The summed E-state index contributed by atoms with van der Waals surface area (Å²) >= 11 is 6.60. The molecule has 0 spiro atoms. The molecule has 0 radical (unpaired) electrons. The molecule has 3 atom stereocenters. The molecular weight excluding hydrogens is 435 g/mol. The predicted molar refractivity (Wildman–Crippen MR) is 133 cm³/mol. The summed E-state index contributed by atoms with van der Waals surface area (Å²) in [5, 5.41) is 1.89. The number of hydrogen-bond donors (Lipinski definition) is 0. The molecule has 2 heterocycles. The number of halogens is 2. The zero-order chi connectivity index (χ0) is 23.3. The van der Waals surface area contributed by atoms with Crippen LogP contribution in [-0.2, 0) is 18.4 Å². The molecule has 0 amide bonds. The van der Waals surface area contributed by atoms with Gasteiger partial charge in [-0.15, -0.1) is 0 Å². The molecule has 1 aliphatic heterocycles. The van der Waals surface area contributed by atoms with Crippen molar-refractivity contribution in [1.29, 1.82) is 0 Å². The lowest BCUT2D eigenvalue weighted by Crippen LogP contribution is -2.38. The second-order valence-corrected chi connectivity index (χ2v) is 9.67. The maximum Gasteiger partial charge on any atom is 0.123 e. The molecule has 170 valence electrons. The fourth-order valence-corrected chi connectivity index (χ4v) is 5.60. The van der Waals surface area contributed by atoms with Crippen LogP contribution < -0.4 is 0 Å². The van der Waals surface area contributed by atoms with Gasteiger partial charge in [0.25, 0.3) is 0 Å². The van der Waals surface area contributed by atoms with Crippen molar-refractivity contribution in [2.75, 3.05) is 14.1 Å². The van der Waals surface area contributed by atoms with E-state index in [-0.39, 0.29) is 23.9 Å². The third-order valence-corrected chi connectivity index (χ3v) is 7.23. The smallest absolute Gasteiger partial charge is 0.123 e. The van der Waals surface area contributed by atoms with Crippen LogP contribution in [0, 0.1) is 5.82 Å². The van der Waals surface area contributed by atoms with Crippen LogP contribution in [0.25, 0.3) is 22.0 Å². The van der Waals surface area contributed by atoms with E-state index in [1.807, 2.05) is 36.0 Å². The van der Waals surface area contributed by atoms with Gasteiger partial charge in [0.2, 0.25) is 0 Å². The third kappa shape index (κ3) is 3.97. The van der Waals surface area contributed by atoms with Gasteiger partial charge in [-0.2, -0.15) is 0 Å². The number of aromatic nitrogens is 1. The van der Waals surface area contributed by atoms with Gasteiger partial charge in [0.15, 0.2) is 0 Å². The fourth-order valence-electron chi connectivity index (χ4n) is 5.24. The number of ether oxygens (including phenoxy) is 1. The molecule has 0 N–H and O–H groups in total. The summed E-state index contributed by atoms with van der Waals surface area (Å²) < 4.78 is 21.9. The molecule has 3 unspecified atom stereocenters. The summed E-state index contributed by atoms with van der Waals surface area (Å²) in [6.07, 6.45) is 1.98. The standard InChI is InChI=1S/C28H28ClFN2O/c1-17(18-5-8-23(30)9-6-18)26(31(2)3)28-24-10-7-19(13-22(24)16-33-28)21-14-20-11-12-32(4)27(20)25(29)15-21/h5-15,17,26,28H,16H2,1-4H3. The molecule has 0 aliphatic carbocycles. The number of rotatable bonds is 5. The Bertz CT molecular complexity index is 1310. The Labute approximate surface area is 199 Å². The Morgan fingerprint density at radius 1 is 1.03 bits per heavy atom. The van der Waals surface area contributed by atoms with Crippen molar-refractivity contribution < 1.29 is 9.13 Å². The van der Waals surface area contributed by atoms with Gasteiger partial charge in [0, 0.05) is 24.7 Å². The summed E-state index contributed by atoms with van der Waals surface area (Å²) in [4.78, 5) is 2.21. The number of hydrogen-bond acceptors (Lipinski definition) is 2. The van der Waals surface area contributed by atoms with Crippen molar-refractivity contribution in [1.82, 2.24) is 9.47 Å². The lowest BCUT2D eigenvalue weighted by Gasteiger charge is -2.35. The minimum absolute atomic E-state index is 0.0516. The number of benzene rings is 3. The minimum atomic E-state index is -0.212. The van der Waals surface area contributed by atoms with E-state index in [4.69, 9.17) is 16.3 Å². The van der Waals surface area contributed by atoms with Crippen molar-refractivity contribution in [3.8, 4) is 11.1 Å². The van der Waals surface area contributed by atoms with E-state index in [1.54, 1.807) is 0 Å². The third-order valence-electron chi connectivity index (χ3n) is 6.94. The van der Waals surface area contributed by atoms with Crippen LogP contribution in [-0.4, -0.2) is 29.6 Å². The van der Waals surface area contributed by atoms with Crippen molar-refractivity contribution in [2.24, 2.45) is 7.05 Å². The Hall–Kier alpha value is -2.66. The van der Waals surface area contributed by atoms with E-state index in [0.29, 0.717) is 6.61 Å². The molecule has 5 heteroatoms. The first kappa shape index (κ1) is 22.1. The van der Waals surface area contributed by atoms with Crippen LogP contribution in [0.5, 0.6) is 0 Å². The van der Waals surface area contributed by atoms with Crippen LogP contribution in [0.1, 0.15) is 35.6 Å². The van der Waals surface area contributed by atoms with Crippen LogP contribution in [0.4, 0.5) is 4.39 Å². The molecule has 0 saturated carbocycles. The predicted octanol–water partition coefficient (Wildman–Crippen LogP) is 6.94. The topological polar surface area (TPSA) is 17.4 Å². The molecule has 1 aliphatic rings. The van der Waals surface area contributed by atoms with Gasteiger partial charge in [-0.3, -0.25) is 0 Å². The van der Waals surface area contributed by atoms with E-state index >= 15 is 0 Å². The van der Waals surface area contributed by atoms with E-state index in [2.05, 4.69) is 56.3 Å². The zero-order valence-corrected chi connectivity index (χ0v) is 20.1. The van der Waals surface area contributed by atoms with Gasteiger partial charge in [-0.05, 0) is 84.2 Å². The number of likely N-dealkylation sites (N-methyl/N-ethyl adjacent to an activating group) is 1. The molecule has 0 fully saturated rings. The lowest BCUT2D eigenvalue weighted by molar-refractivity contribution is -0.0000190. The molecule has 4 aromatic rings. The monoisotopic (exact) mass is 462 g/mol. The highest BCUT2D eigenvalue weighted by molar-refractivity contribution is 6.35. The summed E-state index contributed by atoms with van der Waals surface area (Å²) in [5.41, 5.74) is 6.83. The largest absolute Gasteiger partial charge is 0.367 e. The zero-order valence-electron chi connectivity index (χ0n) is 19.3. The Kier molecular flexibility index (Phi) is 5.77. The summed E-state index contributed by atoms with van der Waals surface area (Å²) in [5.74, 6) is -0.0355. The normalized spacial score (nSPS) is 17.5. The van der Waals surface area contributed by atoms with Crippen LogP contribution in [0.2, 0.25) is 5.02 Å². The van der Waals surface area contributed by atoms with Crippen molar-refractivity contribution >= 4 is 22.5 Å². The summed E-state index contributed by atoms with van der Waals surface area (Å²) in [7, 11) is 6.17. The highest BCUT2D eigenvalue weighted by atomic mass is 35.5. The first-order valence-electron chi connectivity index (χ1n) is 11.2. The maximum atomic E-state index is 13.5. The van der Waals surface area contributed by atoms with E-state index in [0.717, 1.165) is 32.6 Å². The number of nitrogens with zero attached hydrogens (tertiary/aromatic N) is 2. The number of fused-ring (bicyclic) bond motifs is 2. The average molecular weight is 463 g/mol. The van der Waals surface area contributed by atoms with E-state index in [9.17, 15) is 4.39 Å². The molecule has 33 heavy (non-hydrogen) atoms. The first-order valence-corrected chi connectivity index (χ1v) is 11.6. The van der Waals surface area contributed by atoms with E-state index in [1.165, 1.54) is 23.3 Å². The van der Waals surface area contributed by atoms with Gasteiger partial charge in [0.1, 0.15) is 5.82 Å². The minimum Gasteiger partial charge on any atom is -0.367 e. The summed E-state index contributed by atoms with van der Waals surface area (Å²) in [6, 6.07) is 19.8. The van der Waals surface area contributed by atoms with E-state index < -0.39 is 0 Å². The quantitative estimate of drug-likeness (QED) is 0.319. The van der Waals surface area contributed by atoms with Crippen molar-refractivity contribution in [3.63, 3.8) is 0 Å². The van der Waals surface area contributed by atoms with Gasteiger partial charge < -0.3 is 14.2 Å². The fraction of sp³-hybridized carbons (Fsp3) is 0.286. The molecule has 0 saturated heterocycles. The second-order valence-electron chi connectivity index (χ2n) is 9.26. The van der Waals surface area contributed by atoms with Crippen LogP contribution in [0.3, 0.4) is 0 Å². The van der Waals surface area contributed by atoms with Crippen molar-refractivity contribution in [2.45, 2.75) is 31.6 Å². The van der Waals surface area contributed by atoms with Gasteiger partial charge in [-0.25, -0.2) is 4.39 Å². The summed E-state index contributed by atoms with van der Waals surface area (Å²) in [6.45, 7) is 2.76. The first-order chi connectivity index (χ1) is 15.8. The SMILES string of the molecule is CC(c1ccc(F)cc1)C(C1OCc2cc(-c3cc(Cl)c4c(ccn4C)c3)ccc21)N(C)C. The molecule has 3 aromatic carbocycles. The van der Waals surface area contributed by atoms with Crippen LogP contribution in [0.15, 0.2) is 66.9 Å². The molecule has 1 aromatic heterocycles. The van der Waals surface area contributed by atoms with Gasteiger partial charge in [-0.1, -0.05) is 42.8 Å². The molecule has 0 bridgehead atoms. The van der Waals surface area contributed by atoms with Gasteiger partial charge in [0.05, 0.1) is 23.3 Å². The van der Waals surface area contributed by atoms with Crippen molar-refractivity contribution in [3.05, 3.63) is 94.4 Å². The highest BCUT2D eigenvalue weighted by Gasteiger charge is 2.36. The average Bonchev–Trinajstić information content (AvgIpc) is 3.37. The second kappa shape index (κ2) is 8.60. The Morgan fingerprint density at radius 2 is 1.79 bits per heavy atom. The van der Waals surface area contributed by atoms with Gasteiger partial charge >= 0.3 is 0 Å². The molecule has 3 nitrogen and oxygen atoms in total. The highest BCUT2D eigenvalue weighted by Crippen LogP contribution is 2.42. The lowest BCUT2D eigenvalue weighted by atomic mass is 9.85.